The van der Waals surface area contributed by atoms with Crippen LogP contribution < -0.4 is 5.32 Å². The van der Waals surface area contributed by atoms with Gasteiger partial charge in [0.2, 0.25) is 5.91 Å². The second kappa shape index (κ2) is 6.88. The summed E-state index contributed by atoms with van der Waals surface area (Å²) in [7, 11) is 0. The molecule has 2 aromatic rings. The molecule has 1 atom stereocenters. The Morgan fingerprint density at radius 3 is 2.84 bits per heavy atom. The van der Waals surface area contributed by atoms with Crippen molar-refractivity contribution in [2.45, 2.75) is 23.1 Å². The van der Waals surface area contributed by atoms with Crippen molar-refractivity contribution < 1.29 is 4.79 Å². The molecule has 0 aliphatic carbocycles. The number of hydrogen-bond donors (Lipinski definition) is 1. The number of nitrogens with one attached hydrogen (secondary N) is 1. The van der Waals surface area contributed by atoms with E-state index in [1.165, 1.54) is 23.1 Å². The summed E-state index contributed by atoms with van der Waals surface area (Å²) in [5.74, 6) is -0.0184. The Morgan fingerprint density at radius 2 is 2.21 bits per heavy atom. The lowest BCUT2D eigenvalue weighted by molar-refractivity contribution is -0.120. The summed E-state index contributed by atoms with van der Waals surface area (Å²) < 4.78 is 0.800. The molecule has 19 heavy (non-hydrogen) atoms. The van der Waals surface area contributed by atoms with Crippen molar-refractivity contribution in [1.82, 2.24) is 15.5 Å². The van der Waals surface area contributed by atoms with Crippen LogP contribution in [-0.4, -0.2) is 21.4 Å². The lowest BCUT2D eigenvalue weighted by atomic mass is 10.2. The average molecular weight is 314 g/mol. The molecule has 1 amide bonds. The van der Waals surface area contributed by atoms with Crippen LogP contribution in [0.5, 0.6) is 0 Å². The SMILES string of the molecule is C[C@H](Sc1nncs1)C(=O)NCc1ccc(Cl)cc1. The first kappa shape index (κ1) is 14.3. The zero-order valence-electron chi connectivity index (χ0n) is 10.2. The van der Waals surface area contributed by atoms with Crippen LogP contribution >= 0.6 is 34.7 Å². The Kier molecular flexibility index (Phi) is 5.18. The van der Waals surface area contributed by atoms with E-state index in [0.717, 1.165) is 9.90 Å². The van der Waals surface area contributed by atoms with Gasteiger partial charge >= 0.3 is 0 Å². The van der Waals surface area contributed by atoms with E-state index < -0.39 is 0 Å². The van der Waals surface area contributed by atoms with Crippen LogP contribution in [0, 0.1) is 0 Å². The lowest BCUT2D eigenvalue weighted by Crippen LogP contribution is -2.30. The van der Waals surface area contributed by atoms with Crippen LogP contribution in [0.2, 0.25) is 5.02 Å². The maximum absolute atomic E-state index is 11.9. The predicted octanol–water partition coefficient (Wildman–Crippen LogP) is 2.99. The minimum atomic E-state index is -0.194. The zero-order chi connectivity index (χ0) is 13.7. The van der Waals surface area contributed by atoms with Crippen LogP contribution in [0.1, 0.15) is 12.5 Å². The number of benzene rings is 1. The molecule has 0 radical (unpaired) electrons. The largest absolute Gasteiger partial charge is 0.351 e. The van der Waals surface area contributed by atoms with E-state index in [9.17, 15) is 4.79 Å². The monoisotopic (exact) mass is 313 g/mol. The molecule has 1 heterocycles. The minimum Gasteiger partial charge on any atom is -0.351 e. The van der Waals surface area contributed by atoms with E-state index in [0.29, 0.717) is 11.6 Å². The van der Waals surface area contributed by atoms with Gasteiger partial charge in [0.05, 0.1) is 5.25 Å². The molecule has 100 valence electrons. The van der Waals surface area contributed by atoms with E-state index in [4.69, 9.17) is 11.6 Å². The number of carbonyl (C=O) groups is 1. The van der Waals surface area contributed by atoms with Crippen molar-refractivity contribution in [2.75, 3.05) is 0 Å². The fourth-order valence-electron chi connectivity index (χ4n) is 1.35. The molecule has 0 saturated carbocycles. The van der Waals surface area contributed by atoms with Gasteiger partial charge in [-0.15, -0.1) is 10.2 Å². The van der Waals surface area contributed by atoms with Gasteiger partial charge in [-0.1, -0.05) is 46.8 Å². The van der Waals surface area contributed by atoms with E-state index >= 15 is 0 Å². The molecule has 0 fully saturated rings. The normalized spacial score (nSPS) is 12.1. The van der Waals surface area contributed by atoms with Crippen LogP contribution in [0.25, 0.3) is 0 Å². The molecule has 0 aliphatic heterocycles. The third-order valence-corrected chi connectivity index (χ3v) is 4.53. The molecular weight excluding hydrogens is 302 g/mol. The summed E-state index contributed by atoms with van der Waals surface area (Å²) in [6.45, 7) is 2.35. The second-order valence-electron chi connectivity index (χ2n) is 3.81. The van der Waals surface area contributed by atoms with Crippen molar-refractivity contribution in [3.8, 4) is 0 Å². The van der Waals surface area contributed by atoms with Gasteiger partial charge in [0.1, 0.15) is 5.51 Å². The van der Waals surface area contributed by atoms with Crippen LogP contribution in [-0.2, 0) is 11.3 Å². The number of halogens is 1. The van der Waals surface area contributed by atoms with Crippen molar-refractivity contribution >= 4 is 40.6 Å². The highest BCUT2D eigenvalue weighted by Crippen LogP contribution is 2.24. The molecule has 2 rings (SSSR count). The number of hydrogen-bond acceptors (Lipinski definition) is 5. The predicted molar refractivity (Wildman–Crippen MR) is 78.5 cm³/mol. The highest BCUT2D eigenvalue weighted by atomic mass is 35.5. The van der Waals surface area contributed by atoms with Gasteiger partial charge in [0, 0.05) is 11.6 Å². The highest BCUT2D eigenvalue weighted by Gasteiger charge is 2.15. The Hall–Kier alpha value is -1.11. The third-order valence-electron chi connectivity index (χ3n) is 2.37. The van der Waals surface area contributed by atoms with Gasteiger partial charge in [0.25, 0.3) is 0 Å². The molecule has 7 heteroatoms. The Balaban J connectivity index is 1.82. The first-order chi connectivity index (χ1) is 9.15. The molecule has 1 N–H and O–H groups in total. The van der Waals surface area contributed by atoms with Gasteiger partial charge in [-0.3, -0.25) is 4.79 Å². The maximum Gasteiger partial charge on any atom is 0.233 e. The average Bonchev–Trinajstić information content (AvgIpc) is 2.90. The number of carbonyl (C=O) groups excluding carboxylic acids is 1. The molecule has 0 bridgehead atoms. The standard InChI is InChI=1S/C12H12ClN3OS2/c1-8(19-12-16-15-7-18-12)11(17)14-6-9-2-4-10(13)5-3-9/h2-5,7-8H,6H2,1H3,(H,14,17)/t8-/m0/s1. The molecule has 0 unspecified atom stereocenters. The van der Waals surface area contributed by atoms with Gasteiger partial charge in [-0.25, -0.2) is 0 Å². The van der Waals surface area contributed by atoms with Gasteiger partial charge in [0.15, 0.2) is 4.34 Å². The summed E-state index contributed by atoms with van der Waals surface area (Å²) >= 11 is 8.64. The fraction of sp³-hybridized carbons (Fsp3) is 0.250. The van der Waals surface area contributed by atoms with Crippen molar-refractivity contribution in [3.05, 3.63) is 40.4 Å². The lowest BCUT2D eigenvalue weighted by Gasteiger charge is -2.10. The van der Waals surface area contributed by atoms with Crippen molar-refractivity contribution in [1.29, 1.82) is 0 Å². The van der Waals surface area contributed by atoms with Gasteiger partial charge in [-0.2, -0.15) is 0 Å². The molecular formula is C12H12ClN3OS2. The smallest absolute Gasteiger partial charge is 0.233 e. The van der Waals surface area contributed by atoms with E-state index in [1.54, 1.807) is 5.51 Å². The molecule has 1 aromatic carbocycles. The summed E-state index contributed by atoms with van der Waals surface area (Å²) in [6, 6.07) is 7.40. The first-order valence-electron chi connectivity index (χ1n) is 5.60. The molecule has 0 aliphatic rings. The molecule has 4 nitrogen and oxygen atoms in total. The summed E-state index contributed by atoms with van der Waals surface area (Å²) in [4.78, 5) is 11.9. The highest BCUT2D eigenvalue weighted by molar-refractivity contribution is 8.02. The van der Waals surface area contributed by atoms with E-state index in [1.807, 2.05) is 31.2 Å². The van der Waals surface area contributed by atoms with Crippen LogP contribution in [0.4, 0.5) is 0 Å². The van der Waals surface area contributed by atoms with E-state index in [2.05, 4.69) is 15.5 Å². The Bertz CT molecular complexity index is 530. The third kappa shape index (κ3) is 4.49. The quantitative estimate of drug-likeness (QED) is 0.862. The van der Waals surface area contributed by atoms with Crippen LogP contribution in [0.15, 0.2) is 34.1 Å². The summed E-state index contributed by atoms with van der Waals surface area (Å²) in [5.41, 5.74) is 2.67. The van der Waals surface area contributed by atoms with Crippen molar-refractivity contribution in [2.24, 2.45) is 0 Å². The number of amides is 1. The minimum absolute atomic E-state index is 0.0184. The zero-order valence-corrected chi connectivity index (χ0v) is 12.6. The number of rotatable bonds is 5. The molecule has 1 aromatic heterocycles. The van der Waals surface area contributed by atoms with Crippen LogP contribution in [0.3, 0.4) is 0 Å². The Labute approximate surface area is 124 Å². The van der Waals surface area contributed by atoms with E-state index in [-0.39, 0.29) is 11.2 Å². The van der Waals surface area contributed by atoms with Crippen molar-refractivity contribution in [3.63, 3.8) is 0 Å². The topological polar surface area (TPSA) is 54.9 Å². The maximum atomic E-state index is 11.9. The van der Waals surface area contributed by atoms with Gasteiger partial charge in [-0.05, 0) is 24.6 Å². The first-order valence-corrected chi connectivity index (χ1v) is 7.74. The molecule has 0 spiro atoms. The fourth-order valence-corrected chi connectivity index (χ4v) is 3.13. The Morgan fingerprint density at radius 1 is 1.47 bits per heavy atom. The summed E-state index contributed by atoms with van der Waals surface area (Å²) in [5, 5.41) is 11.0. The second-order valence-corrected chi connectivity index (χ2v) is 6.67. The summed E-state index contributed by atoms with van der Waals surface area (Å²) in [6.07, 6.45) is 0. The molecule has 0 saturated heterocycles. The number of aromatic nitrogens is 2. The number of thioether (sulfide) groups is 1. The number of nitrogens with zero attached hydrogens (tertiary/aromatic N) is 2. The van der Waals surface area contributed by atoms with Gasteiger partial charge < -0.3 is 5.32 Å².